The van der Waals surface area contributed by atoms with Gasteiger partial charge in [-0.1, -0.05) is 30.3 Å². The van der Waals surface area contributed by atoms with Crippen LogP contribution in [0.3, 0.4) is 0 Å². The molecule has 1 atom stereocenters. The van der Waals surface area contributed by atoms with Gasteiger partial charge < -0.3 is 15.2 Å². The summed E-state index contributed by atoms with van der Waals surface area (Å²) in [4.78, 5) is 10.9. The molecule has 106 valence electrons. The molecule has 2 rings (SSSR count). The normalized spacial score (nSPS) is 12.3. The second kappa shape index (κ2) is 6.39. The van der Waals surface area contributed by atoms with Gasteiger partial charge >= 0.3 is 5.97 Å². The van der Waals surface area contributed by atoms with Gasteiger partial charge in [0.25, 0.3) is 0 Å². The molecule has 0 heterocycles. The first kappa shape index (κ1) is 14.3. The Labute approximate surface area is 118 Å². The Morgan fingerprint density at radius 1 is 1.30 bits per heavy atom. The highest BCUT2D eigenvalue weighted by molar-refractivity contribution is 5.87. The monoisotopic (exact) mass is 273 g/mol. The lowest BCUT2D eigenvalue weighted by Gasteiger charge is -2.15. The number of nitrogens with one attached hydrogen (secondary N) is 1. The summed E-state index contributed by atoms with van der Waals surface area (Å²) in [5.74, 6) is -0.0560. The maximum atomic E-state index is 10.9. The lowest BCUT2D eigenvalue weighted by Crippen LogP contribution is -2.33. The van der Waals surface area contributed by atoms with Crippen molar-refractivity contribution in [2.24, 2.45) is 0 Å². The molecule has 0 unspecified atom stereocenters. The molecule has 0 aliphatic carbocycles. The number of hydrogen-bond donors (Lipinski definition) is 2. The smallest absolute Gasteiger partial charge is 0.320 e. The summed E-state index contributed by atoms with van der Waals surface area (Å²) >= 11 is 0. The first-order valence-electron chi connectivity index (χ1n) is 6.73. The largest absolute Gasteiger partial charge is 0.494 e. The number of fused-ring (bicyclic) bond motifs is 1. The number of aliphatic carboxylic acids is 1. The zero-order valence-corrected chi connectivity index (χ0v) is 11.7. The Kier molecular flexibility index (Phi) is 4.58. The number of carboxylic acids is 1. The molecule has 20 heavy (non-hydrogen) atoms. The van der Waals surface area contributed by atoms with Crippen molar-refractivity contribution in [1.82, 2.24) is 5.32 Å². The standard InChI is InChI=1S/C16H19NO3/c1-3-20-15-9-8-12-6-4-5-7-13(12)14(15)10-17-11(2)16(18)19/h4-9,11,17H,3,10H2,1-2H3,(H,18,19)/t11-/m0/s1. The highest BCUT2D eigenvalue weighted by Gasteiger charge is 2.13. The lowest BCUT2D eigenvalue weighted by atomic mass is 10.0. The molecule has 0 bridgehead atoms. The molecule has 0 radical (unpaired) electrons. The van der Waals surface area contributed by atoms with E-state index in [1.54, 1.807) is 6.92 Å². The van der Waals surface area contributed by atoms with Gasteiger partial charge in [-0.25, -0.2) is 0 Å². The first-order chi connectivity index (χ1) is 9.63. The van der Waals surface area contributed by atoms with Crippen molar-refractivity contribution in [2.45, 2.75) is 26.4 Å². The minimum absolute atomic E-state index is 0.462. The number of hydrogen-bond acceptors (Lipinski definition) is 3. The van der Waals surface area contributed by atoms with Crippen LogP contribution in [0.2, 0.25) is 0 Å². The number of rotatable bonds is 6. The second-order valence-corrected chi connectivity index (χ2v) is 4.64. The van der Waals surface area contributed by atoms with E-state index in [9.17, 15) is 4.79 Å². The number of carbonyl (C=O) groups is 1. The Balaban J connectivity index is 2.36. The molecule has 2 aromatic carbocycles. The van der Waals surface area contributed by atoms with Crippen LogP contribution in [-0.4, -0.2) is 23.7 Å². The van der Waals surface area contributed by atoms with Crippen molar-refractivity contribution in [3.05, 3.63) is 42.0 Å². The molecule has 0 aromatic heterocycles. The average molecular weight is 273 g/mol. The first-order valence-corrected chi connectivity index (χ1v) is 6.73. The predicted molar refractivity (Wildman–Crippen MR) is 79.1 cm³/mol. The van der Waals surface area contributed by atoms with Gasteiger partial charge in [0.1, 0.15) is 11.8 Å². The minimum Gasteiger partial charge on any atom is -0.494 e. The van der Waals surface area contributed by atoms with Crippen LogP contribution in [0.25, 0.3) is 10.8 Å². The van der Waals surface area contributed by atoms with Crippen molar-refractivity contribution < 1.29 is 14.6 Å². The van der Waals surface area contributed by atoms with Crippen LogP contribution in [0, 0.1) is 0 Å². The van der Waals surface area contributed by atoms with Crippen molar-refractivity contribution in [1.29, 1.82) is 0 Å². The van der Waals surface area contributed by atoms with E-state index in [2.05, 4.69) is 5.32 Å². The zero-order chi connectivity index (χ0) is 14.5. The number of carboxylic acid groups (broad SMARTS) is 1. The molecule has 4 nitrogen and oxygen atoms in total. The minimum atomic E-state index is -0.858. The summed E-state index contributed by atoms with van der Waals surface area (Å²) in [6, 6.07) is 11.4. The second-order valence-electron chi connectivity index (χ2n) is 4.64. The van der Waals surface area contributed by atoms with Gasteiger partial charge in [0.15, 0.2) is 0 Å². The third-order valence-electron chi connectivity index (χ3n) is 3.25. The summed E-state index contributed by atoms with van der Waals surface area (Å²) in [6.45, 7) is 4.62. The number of benzene rings is 2. The average Bonchev–Trinajstić information content (AvgIpc) is 2.45. The molecule has 0 saturated carbocycles. The summed E-state index contributed by atoms with van der Waals surface area (Å²) in [6.07, 6.45) is 0. The van der Waals surface area contributed by atoms with E-state index < -0.39 is 12.0 Å². The fourth-order valence-electron chi connectivity index (χ4n) is 2.13. The van der Waals surface area contributed by atoms with E-state index in [-0.39, 0.29) is 0 Å². The third-order valence-corrected chi connectivity index (χ3v) is 3.25. The fourth-order valence-corrected chi connectivity index (χ4v) is 2.13. The van der Waals surface area contributed by atoms with Gasteiger partial charge in [-0.05, 0) is 30.7 Å². The molecule has 0 aliphatic heterocycles. The van der Waals surface area contributed by atoms with Crippen LogP contribution in [0.1, 0.15) is 19.4 Å². The molecule has 0 saturated heterocycles. The van der Waals surface area contributed by atoms with Crippen LogP contribution in [0.4, 0.5) is 0 Å². The molecule has 0 amide bonds. The predicted octanol–water partition coefficient (Wildman–Crippen LogP) is 2.80. The maximum absolute atomic E-state index is 10.9. The van der Waals surface area contributed by atoms with E-state index in [1.807, 2.05) is 43.3 Å². The summed E-state index contributed by atoms with van der Waals surface area (Å²) < 4.78 is 5.65. The highest BCUT2D eigenvalue weighted by atomic mass is 16.5. The van der Waals surface area contributed by atoms with Gasteiger partial charge in [0.05, 0.1) is 6.61 Å². The van der Waals surface area contributed by atoms with Crippen LogP contribution >= 0.6 is 0 Å². The SMILES string of the molecule is CCOc1ccc2ccccc2c1CN[C@@H](C)C(=O)O. The van der Waals surface area contributed by atoms with Crippen LogP contribution in [0.15, 0.2) is 36.4 Å². The van der Waals surface area contributed by atoms with Crippen molar-refractivity contribution >= 4 is 16.7 Å². The van der Waals surface area contributed by atoms with Crippen LogP contribution in [0.5, 0.6) is 5.75 Å². The van der Waals surface area contributed by atoms with Gasteiger partial charge in [-0.2, -0.15) is 0 Å². The Bertz CT molecular complexity index is 610. The molecule has 4 heteroatoms. The summed E-state index contributed by atoms with van der Waals surface area (Å²) in [7, 11) is 0. The molecule has 0 fully saturated rings. The van der Waals surface area contributed by atoms with E-state index in [0.717, 1.165) is 22.1 Å². The molecule has 0 spiro atoms. The number of ether oxygens (including phenoxy) is 1. The molecular weight excluding hydrogens is 254 g/mol. The molecule has 2 N–H and O–H groups in total. The van der Waals surface area contributed by atoms with Gasteiger partial charge in [0.2, 0.25) is 0 Å². The van der Waals surface area contributed by atoms with E-state index in [4.69, 9.17) is 9.84 Å². The Hall–Kier alpha value is -2.07. The van der Waals surface area contributed by atoms with Gasteiger partial charge in [-0.3, -0.25) is 4.79 Å². The summed E-state index contributed by atoms with van der Waals surface area (Å²) in [5.41, 5.74) is 0.998. The van der Waals surface area contributed by atoms with Crippen LogP contribution < -0.4 is 10.1 Å². The third kappa shape index (κ3) is 3.08. The Morgan fingerprint density at radius 3 is 2.75 bits per heavy atom. The zero-order valence-electron chi connectivity index (χ0n) is 11.7. The fraction of sp³-hybridized carbons (Fsp3) is 0.312. The van der Waals surface area contributed by atoms with E-state index in [0.29, 0.717) is 13.2 Å². The van der Waals surface area contributed by atoms with Gasteiger partial charge in [0, 0.05) is 12.1 Å². The highest BCUT2D eigenvalue weighted by Crippen LogP contribution is 2.28. The van der Waals surface area contributed by atoms with E-state index in [1.165, 1.54) is 0 Å². The van der Waals surface area contributed by atoms with Crippen molar-refractivity contribution in [3.8, 4) is 5.75 Å². The van der Waals surface area contributed by atoms with E-state index >= 15 is 0 Å². The van der Waals surface area contributed by atoms with Crippen LogP contribution in [-0.2, 0) is 11.3 Å². The quantitative estimate of drug-likeness (QED) is 0.849. The van der Waals surface area contributed by atoms with Gasteiger partial charge in [-0.15, -0.1) is 0 Å². The topological polar surface area (TPSA) is 58.6 Å². The van der Waals surface area contributed by atoms with Crippen molar-refractivity contribution in [2.75, 3.05) is 6.61 Å². The molecule has 2 aromatic rings. The maximum Gasteiger partial charge on any atom is 0.320 e. The molecule has 0 aliphatic rings. The summed E-state index contributed by atoms with van der Waals surface area (Å²) in [5, 5.41) is 14.2. The van der Waals surface area contributed by atoms with Crippen molar-refractivity contribution in [3.63, 3.8) is 0 Å². The Morgan fingerprint density at radius 2 is 2.05 bits per heavy atom. The lowest BCUT2D eigenvalue weighted by molar-refractivity contribution is -0.139. The molecular formula is C16H19NO3.